The predicted octanol–water partition coefficient (Wildman–Crippen LogP) is 1.03. The fourth-order valence-corrected chi connectivity index (χ4v) is 3.26. The Morgan fingerprint density at radius 2 is 2.00 bits per heavy atom. The Bertz CT molecular complexity index is 378. The fourth-order valence-electron chi connectivity index (χ4n) is 3.26. The SMILES string of the molecule is NCc1ccc(N2C3CCC2CC(O)C3)cn1. The van der Waals surface area contributed by atoms with Crippen LogP contribution in [0.5, 0.6) is 0 Å². The van der Waals surface area contributed by atoms with Gasteiger partial charge >= 0.3 is 0 Å². The van der Waals surface area contributed by atoms with E-state index in [1.807, 2.05) is 12.3 Å². The standard InChI is InChI=1S/C13H19N3O/c14-7-9-1-2-12(8-15-9)16-10-3-4-11(16)6-13(17)5-10/h1-2,8,10-11,13,17H,3-7,14H2. The Morgan fingerprint density at radius 1 is 1.29 bits per heavy atom. The molecule has 0 saturated carbocycles. The second-order valence-corrected chi connectivity index (χ2v) is 5.13. The van der Waals surface area contributed by atoms with Gasteiger partial charge in [-0.2, -0.15) is 0 Å². The number of anilines is 1. The maximum atomic E-state index is 9.78. The normalized spacial score (nSPS) is 31.9. The van der Waals surface area contributed by atoms with Crippen LogP contribution in [0.2, 0.25) is 0 Å². The smallest absolute Gasteiger partial charge is 0.0579 e. The number of rotatable bonds is 2. The number of nitrogens with zero attached hydrogens (tertiary/aromatic N) is 2. The highest BCUT2D eigenvalue weighted by molar-refractivity contribution is 5.49. The number of nitrogens with two attached hydrogens (primary N) is 1. The van der Waals surface area contributed by atoms with Crippen LogP contribution in [0.1, 0.15) is 31.4 Å². The van der Waals surface area contributed by atoms with Gasteiger partial charge in [0.2, 0.25) is 0 Å². The van der Waals surface area contributed by atoms with E-state index in [1.165, 1.54) is 18.5 Å². The summed E-state index contributed by atoms with van der Waals surface area (Å²) in [6.45, 7) is 0.492. The van der Waals surface area contributed by atoms with Crippen LogP contribution in [-0.2, 0) is 6.54 Å². The molecular formula is C13H19N3O. The Morgan fingerprint density at radius 3 is 2.53 bits per heavy atom. The Labute approximate surface area is 101 Å². The molecule has 1 aromatic heterocycles. The van der Waals surface area contributed by atoms with Crippen LogP contribution >= 0.6 is 0 Å². The lowest BCUT2D eigenvalue weighted by Gasteiger charge is -2.38. The molecule has 3 N–H and O–H groups in total. The van der Waals surface area contributed by atoms with Crippen molar-refractivity contribution in [3.8, 4) is 0 Å². The van der Waals surface area contributed by atoms with Gasteiger partial charge in [-0.25, -0.2) is 0 Å². The summed E-state index contributed by atoms with van der Waals surface area (Å²) in [6, 6.07) is 5.10. The molecular weight excluding hydrogens is 214 g/mol. The quantitative estimate of drug-likeness (QED) is 0.801. The van der Waals surface area contributed by atoms with Crippen molar-refractivity contribution in [2.75, 3.05) is 4.90 Å². The van der Waals surface area contributed by atoms with Crippen molar-refractivity contribution in [2.45, 2.75) is 50.4 Å². The number of hydrogen-bond donors (Lipinski definition) is 2. The van der Waals surface area contributed by atoms with Crippen LogP contribution in [0.4, 0.5) is 5.69 Å². The second kappa shape index (κ2) is 4.27. The molecule has 1 aromatic rings. The highest BCUT2D eigenvalue weighted by atomic mass is 16.3. The van der Waals surface area contributed by atoms with Crippen molar-refractivity contribution in [3.05, 3.63) is 24.0 Å². The van der Waals surface area contributed by atoms with Crippen LogP contribution in [0.3, 0.4) is 0 Å². The van der Waals surface area contributed by atoms with Gasteiger partial charge in [-0.3, -0.25) is 4.98 Å². The maximum absolute atomic E-state index is 9.78. The lowest BCUT2D eigenvalue weighted by molar-refractivity contribution is 0.126. The number of aliphatic hydroxyl groups excluding tert-OH is 1. The first kappa shape index (κ1) is 11.0. The Hall–Kier alpha value is -1.13. The highest BCUT2D eigenvalue weighted by Gasteiger charge is 2.40. The van der Waals surface area contributed by atoms with Crippen LogP contribution in [0.25, 0.3) is 0 Å². The third-order valence-electron chi connectivity index (χ3n) is 4.02. The molecule has 0 amide bonds. The summed E-state index contributed by atoms with van der Waals surface area (Å²) in [7, 11) is 0. The van der Waals surface area contributed by atoms with Gasteiger partial charge in [0.05, 0.1) is 23.7 Å². The van der Waals surface area contributed by atoms with E-state index in [0.29, 0.717) is 18.6 Å². The molecule has 2 saturated heterocycles. The van der Waals surface area contributed by atoms with Gasteiger partial charge in [0.15, 0.2) is 0 Å². The summed E-state index contributed by atoms with van der Waals surface area (Å²) < 4.78 is 0. The first-order valence-electron chi connectivity index (χ1n) is 6.39. The van der Waals surface area contributed by atoms with Crippen molar-refractivity contribution < 1.29 is 5.11 Å². The molecule has 2 aliphatic rings. The van der Waals surface area contributed by atoms with Gasteiger partial charge in [-0.05, 0) is 37.8 Å². The van der Waals surface area contributed by atoms with Crippen molar-refractivity contribution in [1.82, 2.24) is 4.98 Å². The third-order valence-corrected chi connectivity index (χ3v) is 4.02. The lowest BCUT2D eigenvalue weighted by Crippen LogP contribution is -2.44. The summed E-state index contributed by atoms with van der Waals surface area (Å²) >= 11 is 0. The average molecular weight is 233 g/mol. The third kappa shape index (κ3) is 1.91. The van der Waals surface area contributed by atoms with E-state index < -0.39 is 0 Å². The first-order valence-corrected chi connectivity index (χ1v) is 6.39. The monoisotopic (exact) mass is 233 g/mol. The van der Waals surface area contributed by atoms with E-state index in [4.69, 9.17) is 5.73 Å². The highest BCUT2D eigenvalue weighted by Crippen LogP contribution is 2.38. The van der Waals surface area contributed by atoms with Gasteiger partial charge in [-0.1, -0.05) is 0 Å². The molecule has 0 radical (unpaired) electrons. The molecule has 92 valence electrons. The summed E-state index contributed by atoms with van der Waals surface area (Å²) in [6.07, 6.45) is 6.00. The molecule has 2 aliphatic heterocycles. The Kier molecular flexibility index (Phi) is 2.76. The van der Waals surface area contributed by atoms with Crippen molar-refractivity contribution in [1.29, 1.82) is 0 Å². The molecule has 0 spiro atoms. The summed E-state index contributed by atoms with van der Waals surface area (Å²) in [5.41, 5.74) is 7.67. The topological polar surface area (TPSA) is 62.4 Å². The number of piperidine rings is 1. The lowest BCUT2D eigenvalue weighted by atomic mass is 9.99. The number of aromatic nitrogens is 1. The average Bonchev–Trinajstić information content (AvgIpc) is 2.62. The molecule has 4 heteroatoms. The molecule has 2 bridgehead atoms. The minimum atomic E-state index is -0.111. The van der Waals surface area contributed by atoms with E-state index >= 15 is 0 Å². The largest absolute Gasteiger partial charge is 0.393 e. The Balaban J connectivity index is 1.84. The van der Waals surface area contributed by atoms with Crippen molar-refractivity contribution in [3.63, 3.8) is 0 Å². The molecule has 0 aliphatic carbocycles. The van der Waals surface area contributed by atoms with Gasteiger partial charge in [-0.15, -0.1) is 0 Å². The van der Waals surface area contributed by atoms with E-state index in [9.17, 15) is 5.11 Å². The summed E-state index contributed by atoms with van der Waals surface area (Å²) in [5.74, 6) is 0. The van der Waals surface area contributed by atoms with E-state index in [2.05, 4.69) is 16.0 Å². The van der Waals surface area contributed by atoms with Crippen LogP contribution in [0.15, 0.2) is 18.3 Å². The van der Waals surface area contributed by atoms with Gasteiger partial charge < -0.3 is 15.7 Å². The fraction of sp³-hybridized carbons (Fsp3) is 0.615. The van der Waals surface area contributed by atoms with E-state index in [0.717, 1.165) is 18.5 Å². The van der Waals surface area contributed by atoms with E-state index in [1.54, 1.807) is 0 Å². The molecule has 3 rings (SSSR count). The first-order chi connectivity index (χ1) is 8.28. The van der Waals surface area contributed by atoms with Gasteiger partial charge in [0.1, 0.15) is 0 Å². The zero-order chi connectivity index (χ0) is 11.8. The van der Waals surface area contributed by atoms with Crippen molar-refractivity contribution >= 4 is 5.69 Å². The molecule has 2 atom stereocenters. The zero-order valence-corrected chi connectivity index (χ0v) is 9.92. The number of aliphatic hydroxyl groups is 1. The number of pyridine rings is 1. The predicted molar refractivity (Wildman–Crippen MR) is 66.7 cm³/mol. The minimum Gasteiger partial charge on any atom is -0.393 e. The van der Waals surface area contributed by atoms with Crippen LogP contribution in [0, 0.1) is 0 Å². The summed E-state index contributed by atoms with van der Waals surface area (Å²) in [5, 5.41) is 9.78. The maximum Gasteiger partial charge on any atom is 0.0579 e. The van der Waals surface area contributed by atoms with Gasteiger partial charge in [0, 0.05) is 18.6 Å². The molecule has 0 aromatic carbocycles. The second-order valence-electron chi connectivity index (χ2n) is 5.13. The van der Waals surface area contributed by atoms with Crippen LogP contribution < -0.4 is 10.6 Å². The minimum absolute atomic E-state index is 0.111. The number of hydrogen-bond acceptors (Lipinski definition) is 4. The molecule has 2 unspecified atom stereocenters. The molecule has 17 heavy (non-hydrogen) atoms. The number of fused-ring (bicyclic) bond motifs is 2. The molecule has 3 heterocycles. The molecule has 2 fully saturated rings. The molecule has 4 nitrogen and oxygen atoms in total. The van der Waals surface area contributed by atoms with Gasteiger partial charge in [0.25, 0.3) is 0 Å². The summed E-state index contributed by atoms with van der Waals surface area (Å²) in [4.78, 5) is 6.80. The van der Waals surface area contributed by atoms with Crippen molar-refractivity contribution in [2.24, 2.45) is 5.73 Å². The van der Waals surface area contributed by atoms with E-state index in [-0.39, 0.29) is 6.10 Å². The van der Waals surface area contributed by atoms with Crippen LogP contribution in [-0.4, -0.2) is 28.3 Å². The zero-order valence-electron chi connectivity index (χ0n) is 9.92.